The van der Waals surface area contributed by atoms with E-state index < -0.39 is 6.04 Å². The van der Waals surface area contributed by atoms with E-state index in [1.54, 1.807) is 7.05 Å². The van der Waals surface area contributed by atoms with Gasteiger partial charge in [-0.25, -0.2) is 4.98 Å². The molecule has 1 fully saturated rings. The second kappa shape index (κ2) is 10.7. The summed E-state index contributed by atoms with van der Waals surface area (Å²) in [4.78, 5) is 24.0. The van der Waals surface area contributed by atoms with Crippen LogP contribution in [0.15, 0.2) is 11.1 Å². The molecule has 1 unspecified atom stereocenters. The van der Waals surface area contributed by atoms with Gasteiger partial charge in [-0.3, -0.25) is 9.79 Å². The topological polar surface area (TPSA) is 133 Å². The molecule has 9 heteroatoms. The predicted molar refractivity (Wildman–Crippen MR) is 124 cm³/mol. The molecular formula is C21H33N7OS. The Morgan fingerprint density at radius 3 is 2.87 bits per heavy atom. The van der Waals surface area contributed by atoms with Crippen LogP contribution in [-0.4, -0.2) is 60.6 Å². The number of aliphatic imine (C=N–C) groups is 1. The molecule has 30 heavy (non-hydrogen) atoms. The third-order valence-electron chi connectivity index (χ3n) is 5.92. The lowest BCUT2D eigenvalue weighted by atomic mass is 9.96. The van der Waals surface area contributed by atoms with Gasteiger partial charge < -0.3 is 27.1 Å². The number of thiazole rings is 1. The minimum absolute atomic E-state index is 0.240. The number of rotatable bonds is 6. The molecule has 8 nitrogen and oxygen atoms in total. The van der Waals surface area contributed by atoms with Crippen molar-refractivity contribution in [1.29, 1.82) is 5.41 Å². The van der Waals surface area contributed by atoms with Crippen LogP contribution in [0.5, 0.6) is 0 Å². The highest BCUT2D eigenvalue weighted by Crippen LogP contribution is 2.32. The van der Waals surface area contributed by atoms with Crippen LogP contribution in [0.25, 0.3) is 5.57 Å². The number of piperidine rings is 1. The number of hydrogen-bond donors (Lipinski definition) is 4. The maximum Gasteiger partial charge on any atom is 0.273 e. The van der Waals surface area contributed by atoms with Gasteiger partial charge in [-0.05, 0) is 56.6 Å². The number of allylic oxidation sites excluding steroid dienone is 2. The normalized spacial score (nSPS) is 19.7. The number of anilines is 1. The van der Waals surface area contributed by atoms with Crippen LogP contribution in [0.2, 0.25) is 0 Å². The number of carbonyl (C=O) groups is 1. The Morgan fingerprint density at radius 1 is 1.43 bits per heavy atom. The van der Waals surface area contributed by atoms with Gasteiger partial charge in [0.25, 0.3) is 5.91 Å². The van der Waals surface area contributed by atoms with Crippen molar-refractivity contribution in [3.8, 4) is 0 Å². The van der Waals surface area contributed by atoms with Gasteiger partial charge in [-0.15, -0.1) is 0 Å². The van der Waals surface area contributed by atoms with Gasteiger partial charge in [0.2, 0.25) is 0 Å². The first-order chi connectivity index (χ1) is 14.6. The molecule has 1 amide bonds. The largest absolute Gasteiger partial charge is 0.389 e. The van der Waals surface area contributed by atoms with Gasteiger partial charge in [0.05, 0.1) is 0 Å². The van der Waals surface area contributed by atoms with Crippen molar-refractivity contribution in [1.82, 2.24) is 15.2 Å². The fraction of sp³-hybridized carbons (Fsp3) is 0.619. The van der Waals surface area contributed by atoms with Gasteiger partial charge >= 0.3 is 0 Å². The average Bonchev–Trinajstić information content (AvgIpc) is 2.97. The SMILES string of the molecule is CN=C(C(C=N)NC(=O)c1nc(C2=CCCCCC2)sc1N)N1CCC(CN)CC1. The molecule has 6 N–H and O–H groups in total. The van der Waals surface area contributed by atoms with E-state index in [0.29, 0.717) is 23.3 Å². The number of nitrogens with zero attached hydrogens (tertiary/aromatic N) is 3. The molecular weight excluding hydrogens is 398 g/mol. The molecule has 1 saturated heterocycles. The van der Waals surface area contributed by atoms with E-state index in [1.165, 1.54) is 36.0 Å². The first kappa shape index (κ1) is 22.4. The molecule has 1 aromatic rings. The van der Waals surface area contributed by atoms with E-state index in [2.05, 4.69) is 26.3 Å². The minimum atomic E-state index is -0.612. The Balaban J connectivity index is 1.70. The van der Waals surface area contributed by atoms with Crippen molar-refractivity contribution in [2.75, 3.05) is 32.4 Å². The number of nitrogens with one attached hydrogen (secondary N) is 2. The molecule has 3 rings (SSSR count). The van der Waals surface area contributed by atoms with Crippen molar-refractivity contribution < 1.29 is 4.79 Å². The maximum atomic E-state index is 12.9. The summed E-state index contributed by atoms with van der Waals surface area (Å²) in [7, 11) is 1.70. The van der Waals surface area contributed by atoms with Crippen LogP contribution in [0.3, 0.4) is 0 Å². The van der Waals surface area contributed by atoms with E-state index in [1.807, 2.05) is 0 Å². The smallest absolute Gasteiger partial charge is 0.273 e. The summed E-state index contributed by atoms with van der Waals surface area (Å²) in [6, 6.07) is -0.612. The van der Waals surface area contributed by atoms with Crippen LogP contribution in [0.4, 0.5) is 5.00 Å². The number of hydrogen-bond acceptors (Lipinski definition) is 7. The van der Waals surface area contributed by atoms with Crippen LogP contribution in [0.1, 0.15) is 60.4 Å². The molecule has 164 valence electrons. The number of amides is 1. The zero-order valence-electron chi connectivity index (χ0n) is 17.7. The Morgan fingerprint density at radius 2 is 2.20 bits per heavy atom. The first-order valence-corrected chi connectivity index (χ1v) is 11.6. The third-order valence-corrected chi connectivity index (χ3v) is 6.88. The molecule has 1 atom stereocenters. The summed E-state index contributed by atoms with van der Waals surface area (Å²) in [6.45, 7) is 2.34. The lowest BCUT2D eigenvalue weighted by Crippen LogP contribution is -2.52. The van der Waals surface area contributed by atoms with Crippen molar-refractivity contribution in [2.45, 2.75) is 51.0 Å². The maximum absolute atomic E-state index is 12.9. The van der Waals surface area contributed by atoms with E-state index in [-0.39, 0.29) is 11.6 Å². The molecule has 0 spiro atoms. The van der Waals surface area contributed by atoms with Crippen LogP contribution in [-0.2, 0) is 0 Å². The number of carbonyl (C=O) groups excluding carboxylic acids is 1. The molecule has 1 aromatic heterocycles. The average molecular weight is 432 g/mol. The monoisotopic (exact) mass is 431 g/mol. The van der Waals surface area contributed by atoms with Crippen molar-refractivity contribution in [3.05, 3.63) is 16.8 Å². The Bertz CT molecular complexity index is 808. The van der Waals surface area contributed by atoms with Gasteiger partial charge in [-0.1, -0.05) is 23.8 Å². The predicted octanol–water partition coefficient (Wildman–Crippen LogP) is 2.52. The summed E-state index contributed by atoms with van der Waals surface area (Å²) in [5, 5.41) is 12.0. The fourth-order valence-corrected chi connectivity index (χ4v) is 5.00. The summed E-state index contributed by atoms with van der Waals surface area (Å²) in [6.07, 6.45) is 11.0. The minimum Gasteiger partial charge on any atom is -0.389 e. The number of amidine groups is 1. The van der Waals surface area contributed by atoms with Crippen molar-refractivity contribution in [2.24, 2.45) is 16.6 Å². The second-order valence-electron chi connectivity index (χ2n) is 7.93. The zero-order valence-corrected chi connectivity index (χ0v) is 18.5. The fourth-order valence-electron chi connectivity index (χ4n) is 4.11. The van der Waals surface area contributed by atoms with E-state index >= 15 is 0 Å². The number of likely N-dealkylation sites (tertiary alicyclic amines) is 1. The lowest BCUT2D eigenvalue weighted by molar-refractivity contribution is 0.0949. The standard InChI is InChI=1S/C21H33N7OS/c1-25-19(28-10-8-14(12-22)9-11-28)16(13-23)26-20(29)17-18(24)30-21(27-17)15-6-4-2-3-5-7-15/h6,13-14,16,23H,2-5,7-12,22,24H2,1H3,(H,26,29). The van der Waals surface area contributed by atoms with Crippen molar-refractivity contribution >= 4 is 39.9 Å². The van der Waals surface area contributed by atoms with Gasteiger partial charge in [0.1, 0.15) is 21.9 Å². The summed E-state index contributed by atoms with van der Waals surface area (Å²) in [5.41, 5.74) is 13.4. The highest BCUT2D eigenvalue weighted by Gasteiger charge is 2.27. The summed E-state index contributed by atoms with van der Waals surface area (Å²) < 4.78 is 0. The molecule has 1 aliphatic heterocycles. The number of nitrogen functional groups attached to an aromatic ring is 1. The summed E-state index contributed by atoms with van der Waals surface area (Å²) in [5.74, 6) is 0.851. The quantitative estimate of drug-likeness (QED) is 0.406. The Labute approximate surface area is 182 Å². The van der Waals surface area contributed by atoms with Gasteiger partial charge in [-0.2, -0.15) is 0 Å². The lowest BCUT2D eigenvalue weighted by Gasteiger charge is -2.35. The third kappa shape index (κ3) is 5.26. The Hall–Kier alpha value is -2.26. The zero-order chi connectivity index (χ0) is 21.5. The molecule has 2 heterocycles. The van der Waals surface area contributed by atoms with E-state index in [4.69, 9.17) is 16.9 Å². The van der Waals surface area contributed by atoms with Gasteiger partial charge in [0.15, 0.2) is 5.69 Å². The Kier molecular flexibility index (Phi) is 7.98. The second-order valence-corrected chi connectivity index (χ2v) is 8.96. The van der Waals surface area contributed by atoms with Crippen LogP contribution in [0, 0.1) is 11.3 Å². The highest BCUT2D eigenvalue weighted by atomic mass is 32.1. The van der Waals surface area contributed by atoms with Gasteiger partial charge in [0, 0.05) is 26.4 Å². The molecule has 0 radical (unpaired) electrons. The van der Waals surface area contributed by atoms with E-state index in [0.717, 1.165) is 50.2 Å². The number of aromatic nitrogens is 1. The van der Waals surface area contributed by atoms with Crippen LogP contribution < -0.4 is 16.8 Å². The highest BCUT2D eigenvalue weighted by molar-refractivity contribution is 7.16. The molecule has 0 aromatic carbocycles. The first-order valence-electron chi connectivity index (χ1n) is 10.8. The van der Waals surface area contributed by atoms with Crippen molar-refractivity contribution in [3.63, 3.8) is 0 Å². The molecule has 0 bridgehead atoms. The van der Waals surface area contributed by atoms with Crippen LogP contribution >= 0.6 is 11.3 Å². The molecule has 1 aliphatic carbocycles. The van der Waals surface area contributed by atoms with E-state index in [9.17, 15) is 4.79 Å². The summed E-state index contributed by atoms with van der Waals surface area (Å²) >= 11 is 1.37. The number of nitrogens with two attached hydrogens (primary N) is 2. The molecule has 2 aliphatic rings. The molecule has 0 saturated carbocycles.